The Kier molecular flexibility index (Phi) is 2.86. The topological polar surface area (TPSA) is 58.4 Å². The lowest BCUT2D eigenvalue weighted by atomic mass is 9.93. The molecule has 0 aliphatic carbocycles. The smallest absolute Gasteiger partial charge is 0.259 e. The third-order valence-corrected chi connectivity index (χ3v) is 4.19. The van der Waals surface area contributed by atoms with E-state index < -0.39 is 0 Å². The van der Waals surface area contributed by atoms with Crippen LogP contribution >= 0.6 is 0 Å². The summed E-state index contributed by atoms with van der Waals surface area (Å²) in [6, 6.07) is 0.610. The van der Waals surface area contributed by atoms with Gasteiger partial charge in [-0.15, -0.1) is 0 Å². The number of hydrogen-bond acceptors (Lipinski definition) is 4. The Morgan fingerprint density at radius 3 is 3.00 bits per heavy atom. The molecule has 0 saturated carbocycles. The molecule has 2 aliphatic rings. The fraction of sp³-hybridized carbons (Fsp3) is 0.692. The Bertz CT molecular complexity index is 449. The summed E-state index contributed by atoms with van der Waals surface area (Å²) in [6.07, 6.45) is 2.23. The first kappa shape index (κ1) is 11.7. The second-order valence-corrected chi connectivity index (χ2v) is 5.35. The van der Waals surface area contributed by atoms with Crippen LogP contribution in [-0.4, -0.2) is 41.6 Å². The molecule has 2 fully saturated rings. The van der Waals surface area contributed by atoms with E-state index in [2.05, 4.69) is 10.5 Å². The lowest BCUT2D eigenvalue weighted by Crippen LogP contribution is -2.47. The van der Waals surface area contributed by atoms with Gasteiger partial charge in [-0.25, -0.2) is 0 Å². The summed E-state index contributed by atoms with van der Waals surface area (Å²) in [7, 11) is 0. The van der Waals surface area contributed by atoms with E-state index in [0.717, 1.165) is 26.1 Å². The number of amides is 1. The number of aryl methyl sites for hydroxylation is 2. The summed E-state index contributed by atoms with van der Waals surface area (Å²) in [6.45, 7) is 6.41. The molecule has 98 valence electrons. The van der Waals surface area contributed by atoms with E-state index in [9.17, 15) is 4.79 Å². The van der Waals surface area contributed by atoms with Gasteiger partial charge < -0.3 is 14.7 Å². The quantitative estimate of drug-likeness (QED) is 0.810. The molecule has 3 heterocycles. The van der Waals surface area contributed by atoms with Gasteiger partial charge in [0, 0.05) is 19.1 Å². The molecule has 2 atom stereocenters. The van der Waals surface area contributed by atoms with Crippen molar-refractivity contribution in [2.75, 3.05) is 19.6 Å². The average molecular weight is 249 g/mol. The number of nitrogens with zero attached hydrogens (tertiary/aromatic N) is 2. The van der Waals surface area contributed by atoms with Crippen molar-refractivity contribution in [2.24, 2.45) is 5.92 Å². The molecule has 2 unspecified atom stereocenters. The van der Waals surface area contributed by atoms with Crippen molar-refractivity contribution in [3.8, 4) is 0 Å². The van der Waals surface area contributed by atoms with Crippen molar-refractivity contribution >= 4 is 5.91 Å². The molecule has 2 saturated heterocycles. The Morgan fingerprint density at radius 1 is 1.44 bits per heavy atom. The zero-order chi connectivity index (χ0) is 12.7. The highest BCUT2D eigenvalue weighted by molar-refractivity contribution is 5.96. The molecule has 1 N–H and O–H groups in total. The van der Waals surface area contributed by atoms with Crippen LogP contribution in [0.25, 0.3) is 0 Å². The molecule has 0 aromatic carbocycles. The molecule has 18 heavy (non-hydrogen) atoms. The molecule has 5 heteroatoms. The minimum atomic E-state index is 0.0802. The van der Waals surface area contributed by atoms with Crippen LogP contribution in [0.2, 0.25) is 0 Å². The highest BCUT2D eigenvalue weighted by atomic mass is 16.5. The number of carbonyl (C=O) groups is 1. The van der Waals surface area contributed by atoms with Crippen molar-refractivity contribution in [1.82, 2.24) is 15.4 Å². The number of aromatic nitrogens is 1. The predicted molar refractivity (Wildman–Crippen MR) is 66.4 cm³/mol. The molecule has 1 aromatic rings. The van der Waals surface area contributed by atoms with E-state index in [1.807, 2.05) is 11.8 Å². The van der Waals surface area contributed by atoms with E-state index in [-0.39, 0.29) is 5.91 Å². The number of nitrogens with one attached hydrogen (secondary N) is 1. The van der Waals surface area contributed by atoms with Crippen LogP contribution < -0.4 is 5.32 Å². The number of carbonyl (C=O) groups excluding carboxylic acids is 1. The standard InChI is InChI=1S/C13H19N3O2/c1-8-12(9(2)18-15-8)13(17)16-6-4-11-10(7-16)3-5-14-11/h10-11,14H,3-7H2,1-2H3. The summed E-state index contributed by atoms with van der Waals surface area (Å²) in [4.78, 5) is 14.5. The van der Waals surface area contributed by atoms with Gasteiger partial charge in [0.25, 0.3) is 5.91 Å². The van der Waals surface area contributed by atoms with Crippen molar-refractivity contribution < 1.29 is 9.32 Å². The summed E-state index contributed by atoms with van der Waals surface area (Å²) >= 11 is 0. The molecule has 2 aliphatic heterocycles. The second kappa shape index (κ2) is 4.39. The van der Waals surface area contributed by atoms with Crippen molar-refractivity contribution in [1.29, 1.82) is 0 Å². The van der Waals surface area contributed by atoms with E-state index in [0.29, 0.717) is 29.0 Å². The van der Waals surface area contributed by atoms with E-state index in [1.54, 1.807) is 6.92 Å². The Hall–Kier alpha value is -1.36. The van der Waals surface area contributed by atoms with Gasteiger partial charge >= 0.3 is 0 Å². The van der Waals surface area contributed by atoms with Crippen LogP contribution in [0.4, 0.5) is 0 Å². The van der Waals surface area contributed by atoms with Crippen LogP contribution in [0, 0.1) is 19.8 Å². The number of fused-ring (bicyclic) bond motifs is 1. The van der Waals surface area contributed by atoms with Crippen molar-refractivity contribution in [2.45, 2.75) is 32.7 Å². The zero-order valence-electron chi connectivity index (χ0n) is 10.9. The maximum absolute atomic E-state index is 12.5. The Labute approximate surface area is 107 Å². The van der Waals surface area contributed by atoms with E-state index >= 15 is 0 Å². The van der Waals surface area contributed by atoms with Gasteiger partial charge in [0.05, 0.1) is 5.69 Å². The van der Waals surface area contributed by atoms with Crippen LogP contribution in [0.1, 0.15) is 34.7 Å². The van der Waals surface area contributed by atoms with Gasteiger partial charge in [0.15, 0.2) is 0 Å². The summed E-state index contributed by atoms with van der Waals surface area (Å²) in [5, 5.41) is 7.37. The number of likely N-dealkylation sites (tertiary alicyclic amines) is 1. The van der Waals surface area contributed by atoms with Crippen molar-refractivity contribution in [3.05, 3.63) is 17.0 Å². The van der Waals surface area contributed by atoms with Gasteiger partial charge in [0.2, 0.25) is 0 Å². The second-order valence-electron chi connectivity index (χ2n) is 5.35. The largest absolute Gasteiger partial charge is 0.361 e. The normalized spacial score (nSPS) is 27.3. The minimum Gasteiger partial charge on any atom is -0.361 e. The third-order valence-electron chi connectivity index (χ3n) is 4.19. The summed E-state index contributed by atoms with van der Waals surface area (Å²) in [5.41, 5.74) is 1.35. The number of hydrogen-bond donors (Lipinski definition) is 1. The molecule has 0 radical (unpaired) electrons. The van der Waals surface area contributed by atoms with Gasteiger partial charge in [0.1, 0.15) is 11.3 Å². The zero-order valence-corrected chi connectivity index (χ0v) is 10.9. The van der Waals surface area contributed by atoms with E-state index in [4.69, 9.17) is 4.52 Å². The summed E-state index contributed by atoms with van der Waals surface area (Å²) in [5.74, 6) is 1.32. The molecule has 0 spiro atoms. The average Bonchev–Trinajstić information content (AvgIpc) is 2.94. The third kappa shape index (κ3) is 1.82. The first-order valence-corrected chi connectivity index (χ1v) is 6.62. The van der Waals surface area contributed by atoms with Gasteiger partial charge in [-0.05, 0) is 39.2 Å². The monoisotopic (exact) mass is 249 g/mol. The molecule has 0 bridgehead atoms. The minimum absolute atomic E-state index is 0.0802. The van der Waals surface area contributed by atoms with Crippen LogP contribution in [0.3, 0.4) is 0 Å². The van der Waals surface area contributed by atoms with Gasteiger partial charge in [-0.3, -0.25) is 4.79 Å². The predicted octanol–water partition coefficient (Wildman–Crippen LogP) is 1.12. The van der Waals surface area contributed by atoms with E-state index in [1.165, 1.54) is 6.42 Å². The lowest BCUT2D eigenvalue weighted by Gasteiger charge is -2.34. The molecular formula is C13H19N3O2. The fourth-order valence-corrected chi connectivity index (χ4v) is 3.18. The van der Waals surface area contributed by atoms with Gasteiger partial charge in [-0.2, -0.15) is 0 Å². The van der Waals surface area contributed by atoms with Crippen molar-refractivity contribution in [3.63, 3.8) is 0 Å². The van der Waals surface area contributed by atoms with Crippen LogP contribution in [-0.2, 0) is 0 Å². The number of rotatable bonds is 1. The maximum Gasteiger partial charge on any atom is 0.259 e. The number of piperidine rings is 1. The molecule has 3 rings (SSSR count). The first-order valence-electron chi connectivity index (χ1n) is 6.62. The fourth-order valence-electron chi connectivity index (χ4n) is 3.18. The lowest BCUT2D eigenvalue weighted by molar-refractivity contribution is 0.0659. The highest BCUT2D eigenvalue weighted by Crippen LogP contribution is 2.26. The van der Waals surface area contributed by atoms with Crippen LogP contribution in [0.15, 0.2) is 4.52 Å². The van der Waals surface area contributed by atoms with Crippen LogP contribution in [0.5, 0.6) is 0 Å². The highest BCUT2D eigenvalue weighted by Gasteiger charge is 2.35. The molecular weight excluding hydrogens is 230 g/mol. The Morgan fingerprint density at radius 2 is 2.28 bits per heavy atom. The molecule has 1 amide bonds. The Balaban J connectivity index is 1.77. The first-order chi connectivity index (χ1) is 8.66. The maximum atomic E-state index is 12.5. The SMILES string of the molecule is Cc1noc(C)c1C(=O)N1CCC2NCCC2C1. The summed E-state index contributed by atoms with van der Waals surface area (Å²) < 4.78 is 5.08. The molecule has 1 aromatic heterocycles. The van der Waals surface area contributed by atoms with Gasteiger partial charge in [-0.1, -0.05) is 5.16 Å². The molecule has 5 nitrogen and oxygen atoms in total.